The highest BCUT2D eigenvalue weighted by Gasteiger charge is 2.31. The van der Waals surface area contributed by atoms with E-state index in [1.165, 1.54) is 16.7 Å². The number of aliphatic hydroxyl groups excluding tert-OH is 2. The van der Waals surface area contributed by atoms with Gasteiger partial charge in [0.25, 0.3) is 0 Å². The second-order valence-corrected chi connectivity index (χ2v) is 6.87. The van der Waals surface area contributed by atoms with Gasteiger partial charge in [-0.05, 0) is 44.6 Å². The normalized spacial score (nSPS) is 23.9. The first-order valence-corrected chi connectivity index (χ1v) is 7.95. The van der Waals surface area contributed by atoms with E-state index in [1.807, 2.05) is 19.1 Å². The van der Waals surface area contributed by atoms with Crippen molar-refractivity contribution in [2.75, 3.05) is 6.61 Å². The monoisotopic (exact) mass is 302 g/mol. The Labute approximate surface area is 135 Å². The SMILES string of the molecule is CC(C=CC1=C(C)CC(O)CC1(C)C)=CC=CC(C)=CCO. The van der Waals surface area contributed by atoms with Crippen LogP contribution in [0.15, 0.2) is 58.7 Å². The summed E-state index contributed by atoms with van der Waals surface area (Å²) in [6.07, 6.45) is 13.5. The molecule has 1 atom stereocenters. The highest BCUT2D eigenvalue weighted by molar-refractivity contribution is 5.37. The average molecular weight is 302 g/mol. The molecule has 0 bridgehead atoms. The molecule has 0 spiro atoms. The zero-order valence-electron chi connectivity index (χ0n) is 14.6. The Morgan fingerprint density at radius 3 is 2.50 bits per heavy atom. The maximum Gasteiger partial charge on any atom is 0.0617 e. The van der Waals surface area contributed by atoms with Crippen molar-refractivity contribution in [1.82, 2.24) is 0 Å². The van der Waals surface area contributed by atoms with Crippen molar-refractivity contribution < 1.29 is 10.2 Å². The summed E-state index contributed by atoms with van der Waals surface area (Å²) in [6, 6.07) is 0. The van der Waals surface area contributed by atoms with Gasteiger partial charge in [0.15, 0.2) is 0 Å². The van der Waals surface area contributed by atoms with Gasteiger partial charge in [-0.1, -0.05) is 67.0 Å². The van der Waals surface area contributed by atoms with E-state index in [1.54, 1.807) is 6.08 Å². The smallest absolute Gasteiger partial charge is 0.0617 e. The highest BCUT2D eigenvalue weighted by atomic mass is 16.3. The standard InChI is InChI=1S/C20H30O2/c1-15(7-6-8-16(2)11-12-21)9-10-19-17(3)13-18(22)14-20(19,4)5/h6-11,18,21-22H,12-14H2,1-5H3. The number of hydrogen-bond donors (Lipinski definition) is 2. The van der Waals surface area contributed by atoms with E-state index in [-0.39, 0.29) is 18.1 Å². The van der Waals surface area contributed by atoms with Crippen molar-refractivity contribution in [1.29, 1.82) is 0 Å². The van der Waals surface area contributed by atoms with Gasteiger partial charge in [-0.2, -0.15) is 0 Å². The summed E-state index contributed by atoms with van der Waals surface area (Å²) in [5, 5.41) is 18.7. The second kappa shape index (κ2) is 8.30. The summed E-state index contributed by atoms with van der Waals surface area (Å²) >= 11 is 0. The van der Waals surface area contributed by atoms with Crippen molar-refractivity contribution in [3.05, 3.63) is 58.7 Å². The van der Waals surface area contributed by atoms with Gasteiger partial charge in [0.1, 0.15) is 0 Å². The Hall–Kier alpha value is -1.38. The Kier molecular flexibility index (Phi) is 7.05. The van der Waals surface area contributed by atoms with E-state index < -0.39 is 0 Å². The molecule has 2 N–H and O–H groups in total. The molecule has 1 aliphatic rings. The van der Waals surface area contributed by atoms with Gasteiger partial charge >= 0.3 is 0 Å². The van der Waals surface area contributed by atoms with Crippen LogP contribution in [0.1, 0.15) is 47.5 Å². The third-order valence-electron chi connectivity index (χ3n) is 4.12. The summed E-state index contributed by atoms with van der Waals surface area (Å²) in [5.74, 6) is 0. The Morgan fingerprint density at radius 1 is 1.23 bits per heavy atom. The van der Waals surface area contributed by atoms with Crippen LogP contribution in [0.2, 0.25) is 0 Å². The van der Waals surface area contributed by atoms with Crippen LogP contribution in [0.5, 0.6) is 0 Å². The van der Waals surface area contributed by atoms with Crippen molar-refractivity contribution in [2.24, 2.45) is 5.41 Å². The van der Waals surface area contributed by atoms with Crippen molar-refractivity contribution in [3.63, 3.8) is 0 Å². The molecular formula is C20H30O2. The summed E-state index contributed by atoms with van der Waals surface area (Å²) in [5.41, 5.74) is 4.87. The first-order chi connectivity index (χ1) is 10.3. The van der Waals surface area contributed by atoms with Crippen molar-refractivity contribution >= 4 is 0 Å². The topological polar surface area (TPSA) is 40.5 Å². The molecule has 0 fully saturated rings. The molecule has 2 heteroatoms. The lowest BCUT2D eigenvalue weighted by Crippen LogP contribution is -2.28. The summed E-state index contributed by atoms with van der Waals surface area (Å²) < 4.78 is 0. The third kappa shape index (κ3) is 5.78. The van der Waals surface area contributed by atoms with Gasteiger partial charge in [-0.15, -0.1) is 0 Å². The Morgan fingerprint density at radius 2 is 1.91 bits per heavy atom. The molecule has 0 aromatic carbocycles. The van der Waals surface area contributed by atoms with Crippen LogP contribution in [0, 0.1) is 5.41 Å². The van der Waals surface area contributed by atoms with Crippen molar-refractivity contribution in [2.45, 2.75) is 53.6 Å². The molecule has 0 heterocycles. The molecule has 22 heavy (non-hydrogen) atoms. The minimum atomic E-state index is -0.215. The van der Waals surface area contributed by atoms with Gasteiger partial charge in [0, 0.05) is 0 Å². The molecule has 0 aliphatic heterocycles. The van der Waals surface area contributed by atoms with Gasteiger partial charge in [0.2, 0.25) is 0 Å². The predicted molar refractivity (Wildman–Crippen MR) is 94.6 cm³/mol. The summed E-state index contributed by atoms with van der Waals surface area (Å²) in [6.45, 7) is 10.6. The minimum Gasteiger partial charge on any atom is -0.393 e. The van der Waals surface area contributed by atoms with E-state index in [4.69, 9.17) is 5.11 Å². The zero-order chi connectivity index (χ0) is 16.8. The maximum absolute atomic E-state index is 9.92. The molecule has 0 radical (unpaired) electrons. The van der Waals surface area contributed by atoms with Gasteiger partial charge in [0.05, 0.1) is 12.7 Å². The fourth-order valence-electron chi connectivity index (χ4n) is 3.01. The Balaban J connectivity index is 2.82. The fourth-order valence-corrected chi connectivity index (χ4v) is 3.01. The molecule has 0 aromatic heterocycles. The first-order valence-electron chi connectivity index (χ1n) is 7.95. The van der Waals surface area contributed by atoms with Gasteiger partial charge in [-0.3, -0.25) is 0 Å². The van der Waals surface area contributed by atoms with E-state index >= 15 is 0 Å². The molecule has 2 nitrogen and oxygen atoms in total. The van der Waals surface area contributed by atoms with E-state index in [0.29, 0.717) is 0 Å². The van der Waals surface area contributed by atoms with Crippen LogP contribution in [0.25, 0.3) is 0 Å². The molecule has 0 saturated heterocycles. The lowest BCUT2D eigenvalue weighted by atomic mass is 9.71. The summed E-state index contributed by atoms with van der Waals surface area (Å²) in [7, 11) is 0. The lowest BCUT2D eigenvalue weighted by Gasteiger charge is -2.35. The van der Waals surface area contributed by atoms with E-state index in [0.717, 1.165) is 18.4 Å². The number of allylic oxidation sites excluding steroid dienone is 8. The van der Waals surface area contributed by atoms with E-state index in [2.05, 4.69) is 45.9 Å². The molecule has 0 saturated carbocycles. The Bertz CT molecular complexity index is 528. The van der Waals surface area contributed by atoms with Crippen molar-refractivity contribution in [3.8, 4) is 0 Å². The summed E-state index contributed by atoms with van der Waals surface area (Å²) in [4.78, 5) is 0. The third-order valence-corrected chi connectivity index (χ3v) is 4.12. The van der Waals surface area contributed by atoms with Crippen LogP contribution in [0.3, 0.4) is 0 Å². The molecule has 0 amide bonds. The number of aliphatic hydroxyl groups is 2. The predicted octanol–water partition coefficient (Wildman–Crippen LogP) is 4.48. The van der Waals surface area contributed by atoms with Crippen LogP contribution in [-0.4, -0.2) is 22.9 Å². The second-order valence-electron chi connectivity index (χ2n) is 6.87. The van der Waals surface area contributed by atoms with Crippen LogP contribution >= 0.6 is 0 Å². The number of hydrogen-bond acceptors (Lipinski definition) is 2. The van der Waals surface area contributed by atoms with Crippen LogP contribution < -0.4 is 0 Å². The van der Waals surface area contributed by atoms with Gasteiger partial charge < -0.3 is 10.2 Å². The van der Waals surface area contributed by atoms with Crippen LogP contribution in [0.4, 0.5) is 0 Å². The highest BCUT2D eigenvalue weighted by Crippen LogP contribution is 2.40. The molecule has 1 unspecified atom stereocenters. The first kappa shape index (κ1) is 18.7. The van der Waals surface area contributed by atoms with E-state index in [9.17, 15) is 5.11 Å². The largest absolute Gasteiger partial charge is 0.393 e. The van der Waals surface area contributed by atoms with Gasteiger partial charge in [-0.25, -0.2) is 0 Å². The lowest BCUT2D eigenvalue weighted by molar-refractivity contribution is 0.116. The maximum atomic E-state index is 9.92. The molecular weight excluding hydrogens is 272 g/mol. The molecule has 122 valence electrons. The fraction of sp³-hybridized carbons (Fsp3) is 0.500. The van der Waals surface area contributed by atoms with Crippen LogP contribution in [-0.2, 0) is 0 Å². The average Bonchev–Trinajstić information content (AvgIpc) is 2.36. The molecule has 0 aromatic rings. The molecule has 1 rings (SSSR count). The minimum absolute atomic E-state index is 0.0226. The quantitative estimate of drug-likeness (QED) is 0.735. The zero-order valence-corrected chi connectivity index (χ0v) is 14.6. The molecule has 1 aliphatic carbocycles. The number of rotatable bonds is 5.